The minimum atomic E-state index is -1.31. The molecule has 30 heavy (non-hydrogen) atoms. The predicted octanol–water partition coefficient (Wildman–Crippen LogP) is 0.582. The van der Waals surface area contributed by atoms with Crippen molar-refractivity contribution in [3.8, 4) is 5.75 Å². The van der Waals surface area contributed by atoms with Crippen molar-refractivity contribution in [3.05, 3.63) is 29.3 Å². The largest absolute Gasteiger partial charge is 0.496 e. The van der Waals surface area contributed by atoms with E-state index in [0.29, 0.717) is 11.3 Å². The van der Waals surface area contributed by atoms with Gasteiger partial charge in [0.05, 0.1) is 12.9 Å². The lowest BCUT2D eigenvalue weighted by molar-refractivity contribution is -0.134. The third-order valence-corrected chi connectivity index (χ3v) is 5.91. The summed E-state index contributed by atoms with van der Waals surface area (Å²) in [6, 6.07) is 4.48. The molecule has 2 heterocycles. The SMILES string of the molecule is COc1ccc(C2(C)NC(=O)N(CC(=O)NCCN3C(=O)CSC3=O)C2=O)cc1C. The molecule has 0 radical (unpaired) electrons. The van der Waals surface area contributed by atoms with Gasteiger partial charge in [-0.2, -0.15) is 0 Å². The number of imide groups is 2. The molecule has 1 atom stereocenters. The first-order chi connectivity index (χ1) is 14.2. The van der Waals surface area contributed by atoms with E-state index in [9.17, 15) is 24.0 Å². The molecule has 2 N–H and O–H groups in total. The molecule has 2 aliphatic rings. The summed E-state index contributed by atoms with van der Waals surface area (Å²) in [7, 11) is 1.54. The zero-order valence-electron chi connectivity index (χ0n) is 16.8. The highest BCUT2D eigenvalue weighted by Crippen LogP contribution is 2.31. The average molecular weight is 434 g/mol. The second-order valence-corrected chi connectivity index (χ2v) is 8.01. The van der Waals surface area contributed by atoms with E-state index < -0.39 is 29.9 Å². The van der Waals surface area contributed by atoms with Crippen molar-refractivity contribution in [3.63, 3.8) is 0 Å². The topological polar surface area (TPSA) is 125 Å². The maximum absolute atomic E-state index is 12.9. The summed E-state index contributed by atoms with van der Waals surface area (Å²) in [5.74, 6) is -0.671. The number of benzene rings is 1. The summed E-state index contributed by atoms with van der Waals surface area (Å²) in [4.78, 5) is 62.5. The minimum absolute atomic E-state index is 0.0372. The molecule has 1 aromatic rings. The van der Waals surface area contributed by atoms with Crippen molar-refractivity contribution in [2.75, 3.05) is 32.5 Å². The van der Waals surface area contributed by atoms with Crippen molar-refractivity contribution in [2.45, 2.75) is 19.4 Å². The van der Waals surface area contributed by atoms with Gasteiger partial charge in [-0.1, -0.05) is 17.8 Å². The molecule has 10 nitrogen and oxygen atoms in total. The molecule has 160 valence electrons. The number of methoxy groups -OCH3 is 1. The molecule has 0 bridgehead atoms. The van der Waals surface area contributed by atoms with Gasteiger partial charge in [-0.05, 0) is 37.1 Å². The molecule has 0 spiro atoms. The lowest BCUT2D eigenvalue weighted by Gasteiger charge is -2.23. The van der Waals surface area contributed by atoms with Gasteiger partial charge in [0.1, 0.15) is 17.8 Å². The highest BCUT2D eigenvalue weighted by atomic mass is 32.2. The number of rotatable bonds is 7. The Morgan fingerprint density at radius 1 is 1.27 bits per heavy atom. The Morgan fingerprint density at radius 2 is 2.00 bits per heavy atom. The molecule has 0 aliphatic carbocycles. The fourth-order valence-corrected chi connectivity index (χ4v) is 4.08. The summed E-state index contributed by atoms with van der Waals surface area (Å²) >= 11 is 0.911. The molecular weight excluding hydrogens is 412 g/mol. The Hall–Kier alpha value is -3.08. The van der Waals surface area contributed by atoms with E-state index in [1.54, 1.807) is 32.2 Å². The molecule has 3 rings (SSSR count). The van der Waals surface area contributed by atoms with E-state index in [4.69, 9.17) is 4.74 Å². The molecular formula is C19H22N4O6S. The van der Waals surface area contributed by atoms with Crippen LogP contribution in [0.4, 0.5) is 9.59 Å². The van der Waals surface area contributed by atoms with E-state index in [-0.39, 0.29) is 30.0 Å². The summed E-state index contributed by atoms with van der Waals surface area (Å²) in [6.45, 7) is 3.02. The number of nitrogens with one attached hydrogen (secondary N) is 2. The van der Waals surface area contributed by atoms with Crippen LogP contribution in [0.1, 0.15) is 18.1 Å². The Labute approximate surface area is 177 Å². The van der Waals surface area contributed by atoms with Gasteiger partial charge in [0.25, 0.3) is 11.1 Å². The number of thioether (sulfide) groups is 1. The Balaban J connectivity index is 1.61. The van der Waals surface area contributed by atoms with E-state index in [2.05, 4.69) is 10.6 Å². The van der Waals surface area contributed by atoms with Gasteiger partial charge in [-0.25, -0.2) is 4.79 Å². The van der Waals surface area contributed by atoms with Crippen LogP contribution in [0.5, 0.6) is 5.75 Å². The van der Waals surface area contributed by atoms with Crippen LogP contribution in [0, 0.1) is 6.92 Å². The molecule has 1 unspecified atom stereocenters. The number of hydrogen-bond acceptors (Lipinski definition) is 7. The van der Waals surface area contributed by atoms with Gasteiger partial charge in [0.2, 0.25) is 11.8 Å². The quantitative estimate of drug-likeness (QED) is 0.602. The predicted molar refractivity (Wildman–Crippen MR) is 108 cm³/mol. The molecule has 0 saturated carbocycles. The number of urea groups is 1. The molecule has 11 heteroatoms. The molecule has 2 saturated heterocycles. The van der Waals surface area contributed by atoms with E-state index in [1.165, 1.54) is 0 Å². The number of ether oxygens (including phenoxy) is 1. The van der Waals surface area contributed by atoms with Gasteiger partial charge >= 0.3 is 6.03 Å². The summed E-state index contributed by atoms with van der Waals surface area (Å²) in [5, 5.41) is 4.82. The zero-order chi connectivity index (χ0) is 22.1. The van der Waals surface area contributed by atoms with Crippen LogP contribution in [0.2, 0.25) is 0 Å². The van der Waals surface area contributed by atoms with Gasteiger partial charge in [-0.15, -0.1) is 0 Å². The van der Waals surface area contributed by atoms with Gasteiger partial charge in [0, 0.05) is 13.1 Å². The number of carbonyl (C=O) groups is 5. The first kappa shape index (κ1) is 21.6. The van der Waals surface area contributed by atoms with Crippen LogP contribution in [0.15, 0.2) is 18.2 Å². The Kier molecular flexibility index (Phi) is 6.01. The minimum Gasteiger partial charge on any atom is -0.496 e. The number of carbonyl (C=O) groups excluding carboxylic acids is 5. The van der Waals surface area contributed by atoms with Crippen LogP contribution >= 0.6 is 11.8 Å². The van der Waals surface area contributed by atoms with Crippen molar-refractivity contribution in [1.82, 2.24) is 20.4 Å². The summed E-state index contributed by atoms with van der Waals surface area (Å²) in [6.07, 6.45) is 0. The second kappa shape index (κ2) is 8.34. The standard InChI is InChI=1S/C19H22N4O6S/c1-11-8-12(4-5-13(11)29-3)19(2)16(26)23(17(27)21-19)9-14(24)20-6-7-22-15(25)10-30-18(22)28/h4-5,8H,6-7,9-10H2,1-3H3,(H,20,24)(H,21,27). The number of amides is 6. The fourth-order valence-electron chi connectivity index (χ4n) is 3.33. The lowest BCUT2D eigenvalue weighted by atomic mass is 9.90. The van der Waals surface area contributed by atoms with E-state index >= 15 is 0 Å². The van der Waals surface area contributed by atoms with Gasteiger partial charge < -0.3 is 15.4 Å². The van der Waals surface area contributed by atoms with Gasteiger partial charge in [-0.3, -0.25) is 29.0 Å². The van der Waals surface area contributed by atoms with E-state index in [1.807, 2.05) is 6.92 Å². The highest BCUT2D eigenvalue weighted by molar-refractivity contribution is 8.14. The van der Waals surface area contributed by atoms with Crippen molar-refractivity contribution < 1.29 is 28.7 Å². The maximum atomic E-state index is 12.9. The van der Waals surface area contributed by atoms with Crippen LogP contribution in [0.25, 0.3) is 0 Å². The third kappa shape index (κ3) is 3.97. The molecule has 2 fully saturated rings. The Bertz CT molecular complexity index is 920. The van der Waals surface area contributed by atoms with Crippen molar-refractivity contribution in [1.29, 1.82) is 0 Å². The molecule has 1 aromatic carbocycles. The first-order valence-electron chi connectivity index (χ1n) is 9.20. The molecule has 6 amide bonds. The van der Waals surface area contributed by atoms with Crippen LogP contribution in [-0.4, -0.2) is 71.3 Å². The fraction of sp³-hybridized carbons (Fsp3) is 0.421. The smallest absolute Gasteiger partial charge is 0.325 e. The lowest BCUT2D eigenvalue weighted by Crippen LogP contribution is -2.44. The number of nitrogens with zero attached hydrogens (tertiary/aromatic N) is 2. The van der Waals surface area contributed by atoms with Crippen molar-refractivity contribution >= 4 is 40.8 Å². The Morgan fingerprint density at radius 3 is 2.60 bits per heavy atom. The summed E-state index contributed by atoms with van der Waals surface area (Å²) < 4.78 is 5.22. The number of aryl methyl sites for hydroxylation is 1. The van der Waals surface area contributed by atoms with E-state index in [0.717, 1.165) is 27.1 Å². The number of hydrogen-bond donors (Lipinski definition) is 2. The second-order valence-electron chi connectivity index (χ2n) is 7.08. The molecule has 2 aliphatic heterocycles. The monoisotopic (exact) mass is 434 g/mol. The molecule has 0 aromatic heterocycles. The average Bonchev–Trinajstić information content (AvgIpc) is 3.13. The van der Waals surface area contributed by atoms with Crippen LogP contribution in [0.3, 0.4) is 0 Å². The van der Waals surface area contributed by atoms with Gasteiger partial charge in [0.15, 0.2) is 0 Å². The van der Waals surface area contributed by atoms with Crippen LogP contribution < -0.4 is 15.4 Å². The normalized spacial score (nSPS) is 21.3. The van der Waals surface area contributed by atoms with Crippen LogP contribution in [-0.2, 0) is 19.9 Å². The van der Waals surface area contributed by atoms with Crippen molar-refractivity contribution in [2.24, 2.45) is 0 Å². The zero-order valence-corrected chi connectivity index (χ0v) is 17.6. The maximum Gasteiger partial charge on any atom is 0.325 e. The third-order valence-electron chi connectivity index (χ3n) is 5.05. The summed E-state index contributed by atoms with van der Waals surface area (Å²) in [5.41, 5.74) is 0.0734. The first-order valence-corrected chi connectivity index (χ1v) is 10.2. The highest BCUT2D eigenvalue weighted by Gasteiger charge is 2.49.